The lowest BCUT2D eigenvalue weighted by Gasteiger charge is -2.26. The van der Waals surface area contributed by atoms with Crippen LogP contribution in [0.3, 0.4) is 0 Å². The first-order chi connectivity index (χ1) is 8.14. The van der Waals surface area contributed by atoms with Crippen LogP contribution in [0.5, 0.6) is 0 Å². The molecule has 1 heterocycles. The minimum atomic E-state index is -0.845. The van der Waals surface area contributed by atoms with Gasteiger partial charge in [0.15, 0.2) is 0 Å². The molecule has 1 N–H and O–H groups in total. The Hall–Kier alpha value is -1.65. The summed E-state index contributed by atoms with van der Waals surface area (Å²) in [5.74, 6) is -0.845. The van der Waals surface area contributed by atoms with Gasteiger partial charge in [0.1, 0.15) is 0 Å². The van der Waals surface area contributed by atoms with Crippen LogP contribution in [0.1, 0.15) is 44.1 Å². The molecule has 0 amide bonds. The van der Waals surface area contributed by atoms with Crippen LogP contribution in [0.2, 0.25) is 0 Å². The van der Waals surface area contributed by atoms with Crippen molar-refractivity contribution in [2.24, 2.45) is 0 Å². The van der Waals surface area contributed by atoms with Crippen LogP contribution in [0.25, 0.3) is 0 Å². The summed E-state index contributed by atoms with van der Waals surface area (Å²) in [6.07, 6.45) is 0.446. The van der Waals surface area contributed by atoms with Gasteiger partial charge in [0.25, 0.3) is 0 Å². The predicted octanol–water partition coefficient (Wildman–Crippen LogP) is 1.63. The number of nitrogens with zero attached hydrogens (tertiary/aromatic N) is 2. The van der Waals surface area contributed by atoms with E-state index in [9.17, 15) is 9.59 Å². The Bertz CT molecular complexity index is 524. The van der Waals surface area contributed by atoms with Gasteiger partial charge in [-0.05, 0) is 46.6 Å². The van der Waals surface area contributed by atoms with E-state index in [1.807, 2.05) is 27.7 Å². The number of carboxylic acids is 1. The Morgan fingerprint density at radius 2 is 1.89 bits per heavy atom. The lowest BCUT2D eigenvalue weighted by molar-refractivity contribution is -0.136. The fourth-order valence-corrected chi connectivity index (χ4v) is 2.18. The highest BCUT2D eigenvalue weighted by Crippen LogP contribution is 2.18. The second-order valence-corrected chi connectivity index (χ2v) is 5.44. The van der Waals surface area contributed by atoms with Gasteiger partial charge in [0, 0.05) is 23.3 Å². The van der Waals surface area contributed by atoms with Crippen molar-refractivity contribution < 1.29 is 9.90 Å². The zero-order valence-corrected chi connectivity index (χ0v) is 11.6. The van der Waals surface area contributed by atoms with Crippen LogP contribution < -0.4 is 5.69 Å². The quantitative estimate of drug-likeness (QED) is 0.887. The van der Waals surface area contributed by atoms with E-state index in [0.717, 1.165) is 11.3 Å². The van der Waals surface area contributed by atoms with Crippen molar-refractivity contribution in [1.82, 2.24) is 9.55 Å². The van der Waals surface area contributed by atoms with Gasteiger partial charge in [0.05, 0.1) is 0 Å². The molecular formula is C13H20N2O3. The molecule has 0 saturated carbocycles. The molecule has 0 aliphatic heterocycles. The van der Waals surface area contributed by atoms with Gasteiger partial charge in [-0.15, -0.1) is 0 Å². The molecule has 0 unspecified atom stereocenters. The van der Waals surface area contributed by atoms with E-state index in [1.54, 1.807) is 11.5 Å². The highest BCUT2D eigenvalue weighted by Gasteiger charge is 2.21. The fourth-order valence-electron chi connectivity index (χ4n) is 2.18. The molecule has 0 aromatic carbocycles. The summed E-state index contributed by atoms with van der Waals surface area (Å²) in [6.45, 7) is 9.38. The molecule has 0 aliphatic carbocycles. The van der Waals surface area contributed by atoms with Gasteiger partial charge in [-0.1, -0.05) is 0 Å². The minimum absolute atomic E-state index is 0.0473. The molecule has 100 valence electrons. The van der Waals surface area contributed by atoms with Crippen molar-refractivity contribution in [3.05, 3.63) is 27.4 Å². The third kappa shape index (κ3) is 2.97. The SMILES string of the molecule is Cc1nc(=O)n(C(C)(C)C)c(C)c1CCC(=O)O. The van der Waals surface area contributed by atoms with E-state index in [1.165, 1.54) is 0 Å². The van der Waals surface area contributed by atoms with Crippen LogP contribution in [0.4, 0.5) is 0 Å². The molecule has 5 nitrogen and oxygen atoms in total. The third-order valence-corrected chi connectivity index (χ3v) is 2.92. The summed E-state index contributed by atoms with van der Waals surface area (Å²) in [7, 11) is 0. The first-order valence-electron chi connectivity index (χ1n) is 5.96. The summed E-state index contributed by atoms with van der Waals surface area (Å²) >= 11 is 0. The van der Waals surface area contributed by atoms with Gasteiger partial charge in [-0.2, -0.15) is 4.98 Å². The summed E-state index contributed by atoms with van der Waals surface area (Å²) in [4.78, 5) is 26.6. The summed E-state index contributed by atoms with van der Waals surface area (Å²) < 4.78 is 1.62. The van der Waals surface area contributed by atoms with Gasteiger partial charge < -0.3 is 5.11 Å². The number of hydrogen-bond donors (Lipinski definition) is 1. The highest BCUT2D eigenvalue weighted by atomic mass is 16.4. The molecule has 1 aromatic heterocycles. The molecule has 0 bridgehead atoms. The van der Waals surface area contributed by atoms with Crippen LogP contribution >= 0.6 is 0 Å². The maximum absolute atomic E-state index is 11.9. The van der Waals surface area contributed by atoms with Crippen LogP contribution in [0.15, 0.2) is 4.79 Å². The second kappa shape index (κ2) is 4.92. The van der Waals surface area contributed by atoms with E-state index in [0.29, 0.717) is 12.1 Å². The van der Waals surface area contributed by atoms with Crippen molar-refractivity contribution in [3.63, 3.8) is 0 Å². The number of hydrogen-bond acceptors (Lipinski definition) is 3. The standard InChI is InChI=1S/C13H20N2O3/c1-8-10(6-7-11(16)17)9(2)15(12(18)14-8)13(3,4)5/h6-7H2,1-5H3,(H,16,17). The molecular weight excluding hydrogens is 232 g/mol. The lowest BCUT2D eigenvalue weighted by Crippen LogP contribution is -2.38. The van der Waals surface area contributed by atoms with Crippen LogP contribution in [0, 0.1) is 13.8 Å². The molecule has 0 aliphatic rings. The Morgan fingerprint density at radius 3 is 2.33 bits per heavy atom. The van der Waals surface area contributed by atoms with E-state index >= 15 is 0 Å². The topological polar surface area (TPSA) is 72.2 Å². The first-order valence-corrected chi connectivity index (χ1v) is 5.96. The molecule has 18 heavy (non-hydrogen) atoms. The van der Waals surface area contributed by atoms with Crippen molar-refractivity contribution in [3.8, 4) is 0 Å². The molecule has 0 radical (unpaired) electrons. The van der Waals surface area contributed by atoms with Crippen LogP contribution in [-0.2, 0) is 16.8 Å². The van der Waals surface area contributed by atoms with Gasteiger partial charge in [-0.3, -0.25) is 9.36 Å². The smallest absolute Gasteiger partial charge is 0.348 e. The van der Waals surface area contributed by atoms with Crippen molar-refractivity contribution in [2.45, 2.75) is 53.0 Å². The van der Waals surface area contributed by atoms with E-state index in [4.69, 9.17) is 5.11 Å². The van der Waals surface area contributed by atoms with E-state index < -0.39 is 5.97 Å². The van der Waals surface area contributed by atoms with Crippen molar-refractivity contribution in [2.75, 3.05) is 0 Å². The molecule has 0 atom stereocenters. The first kappa shape index (κ1) is 14.4. The second-order valence-electron chi connectivity index (χ2n) is 5.44. The fraction of sp³-hybridized carbons (Fsp3) is 0.615. The Morgan fingerprint density at radius 1 is 1.33 bits per heavy atom. The average molecular weight is 252 g/mol. The molecule has 1 rings (SSSR count). The normalized spacial score (nSPS) is 11.6. The zero-order valence-electron chi connectivity index (χ0n) is 11.6. The van der Waals surface area contributed by atoms with E-state index in [2.05, 4.69) is 4.98 Å². The highest BCUT2D eigenvalue weighted by molar-refractivity contribution is 5.67. The number of aryl methyl sites for hydroxylation is 1. The van der Waals surface area contributed by atoms with Gasteiger partial charge in [-0.25, -0.2) is 4.79 Å². The van der Waals surface area contributed by atoms with Crippen molar-refractivity contribution in [1.29, 1.82) is 0 Å². The number of carbonyl (C=O) groups is 1. The lowest BCUT2D eigenvalue weighted by atomic mass is 10.0. The monoisotopic (exact) mass is 252 g/mol. The maximum atomic E-state index is 11.9. The molecule has 1 aromatic rings. The summed E-state index contributed by atoms with van der Waals surface area (Å²) in [5, 5.41) is 8.75. The summed E-state index contributed by atoms with van der Waals surface area (Å²) in [6, 6.07) is 0. The van der Waals surface area contributed by atoms with Gasteiger partial charge in [0.2, 0.25) is 0 Å². The molecule has 0 fully saturated rings. The Labute approximate surface area is 106 Å². The number of aliphatic carboxylic acids is 1. The summed E-state index contributed by atoms with van der Waals surface area (Å²) in [5.41, 5.74) is 1.64. The van der Waals surface area contributed by atoms with Gasteiger partial charge >= 0.3 is 11.7 Å². The Kier molecular flexibility index (Phi) is 3.94. The Balaban J connectivity index is 3.36. The number of rotatable bonds is 3. The maximum Gasteiger partial charge on any atom is 0.348 e. The largest absolute Gasteiger partial charge is 0.481 e. The van der Waals surface area contributed by atoms with E-state index in [-0.39, 0.29) is 17.6 Å². The molecule has 0 saturated heterocycles. The minimum Gasteiger partial charge on any atom is -0.481 e. The van der Waals surface area contributed by atoms with Crippen molar-refractivity contribution >= 4 is 5.97 Å². The zero-order chi connectivity index (χ0) is 14.1. The number of aromatic nitrogens is 2. The molecule has 5 heteroatoms. The number of carboxylic acid groups (broad SMARTS) is 1. The third-order valence-electron chi connectivity index (χ3n) is 2.92. The molecule has 0 spiro atoms. The average Bonchev–Trinajstić information content (AvgIpc) is 2.13. The van der Waals surface area contributed by atoms with Crippen LogP contribution in [-0.4, -0.2) is 20.6 Å². The predicted molar refractivity (Wildman–Crippen MR) is 68.9 cm³/mol.